The lowest BCUT2D eigenvalue weighted by Gasteiger charge is -2.08. The number of halogens is 6. The molecule has 4 nitrogen and oxygen atoms in total. The highest BCUT2D eigenvalue weighted by atomic mass is 19.4. The van der Waals surface area contributed by atoms with Crippen LogP contribution in [0.2, 0.25) is 0 Å². The highest BCUT2D eigenvalue weighted by Crippen LogP contribution is 2.31. The van der Waals surface area contributed by atoms with Crippen molar-refractivity contribution in [3.05, 3.63) is 48.0 Å². The molecule has 0 radical (unpaired) electrons. The SMILES string of the molecule is FC(F)(F)c1ccc(-c2cnc3nc(C(F)(F)F)ccn23)nc1. The van der Waals surface area contributed by atoms with Gasteiger partial charge in [0.1, 0.15) is 5.69 Å². The molecule has 0 atom stereocenters. The number of nitrogens with zero attached hydrogens (tertiary/aromatic N) is 4. The Bertz CT molecular complexity index is 848. The van der Waals surface area contributed by atoms with Crippen molar-refractivity contribution in [2.75, 3.05) is 0 Å². The second-order valence-electron chi connectivity index (χ2n) is 4.55. The first kappa shape index (κ1) is 15.3. The molecule has 0 N–H and O–H groups in total. The van der Waals surface area contributed by atoms with Crippen LogP contribution in [-0.4, -0.2) is 19.4 Å². The smallest absolute Gasteiger partial charge is 0.282 e. The molecule has 3 rings (SSSR count). The third-order valence-corrected chi connectivity index (χ3v) is 3.02. The number of aromatic nitrogens is 4. The number of hydrogen-bond acceptors (Lipinski definition) is 3. The number of fused-ring (bicyclic) bond motifs is 1. The summed E-state index contributed by atoms with van der Waals surface area (Å²) in [6.45, 7) is 0. The lowest BCUT2D eigenvalue weighted by atomic mass is 10.2. The molecule has 0 saturated carbocycles. The molecule has 23 heavy (non-hydrogen) atoms. The van der Waals surface area contributed by atoms with Gasteiger partial charge in [-0.15, -0.1) is 0 Å². The maximum absolute atomic E-state index is 12.6. The van der Waals surface area contributed by atoms with E-state index < -0.39 is 23.6 Å². The van der Waals surface area contributed by atoms with Crippen molar-refractivity contribution in [1.82, 2.24) is 19.4 Å². The molecule has 0 amide bonds. The molecule has 10 heteroatoms. The molecule has 0 aromatic carbocycles. The van der Waals surface area contributed by atoms with Crippen molar-refractivity contribution in [3.63, 3.8) is 0 Å². The lowest BCUT2D eigenvalue weighted by molar-refractivity contribution is -0.141. The number of pyridine rings is 1. The lowest BCUT2D eigenvalue weighted by Crippen LogP contribution is -2.09. The van der Waals surface area contributed by atoms with E-state index in [0.717, 1.165) is 24.4 Å². The van der Waals surface area contributed by atoms with Crippen molar-refractivity contribution in [2.45, 2.75) is 12.4 Å². The normalized spacial score (nSPS) is 12.8. The highest BCUT2D eigenvalue weighted by molar-refractivity contribution is 5.58. The zero-order valence-corrected chi connectivity index (χ0v) is 11.0. The Hall–Kier alpha value is -2.65. The standard InChI is InChI=1S/C13H6F6N4/c14-12(15,16)7-1-2-8(20-5-7)9-6-21-11-22-10(13(17,18)19)3-4-23(9)11/h1-6H. The van der Waals surface area contributed by atoms with Gasteiger partial charge in [0.25, 0.3) is 0 Å². The summed E-state index contributed by atoms with van der Waals surface area (Å²) in [5, 5.41) is 0. The van der Waals surface area contributed by atoms with Crippen molar-refractivity contribution in [1.29, 1.82) is 0 Å². The Balaban J connectivity index is 2.04. The molecule has 120 valence electrons. The number of imidazole rings is 1. The number of hydrogen-bond donors (Lipinski definition) is 0. The van der Waals surface area contributed by atoms with Gasteiger partial charge in [-0.3, -0.25) is 9.38 Å². The molecular formula is C13H6F6N4. The van der Waals surface area contributed by atoms with Gasteiger partial charge in [0.15, 0.2) is 0 Å². The summed E-state index contributed by atoms with van der Waals surface area (Å²) < 4.78 is 76.5. The summed E-state index contributed by atoms with van der Waals surface area (Å²) >= 11 is 0. The van der Waals surface area contributed by atoms with E-state index >= 15 is 0 Å². The molecule has 0 aliphatic heterocycles. The Labute approximate surface area is 124 Å². The molecule has 0 unspecified atom stereocenters. The number of alkyl halides is 6. The summed E-state index contributed by atoms with van der Waals surface area (Å²) in [5.41, 5.74) is -1.67. The van der Waals surface area contributed by atoms with Gasteiger partial charge in [-0.1, -0.05) is 0 Å². The molecule has 0 saturated heterocycles. The van der Waals surface area contributed by atoms with E-state index in [1.54, 1.807) is 0 Å². The van der Waals surface area contributed by atoms with Crippen LogP contribution >= 0.6 is 0 Å². The van der Waals surface area contributed by atoms with Crippen LogP contribution < -0.4 is 0 Å². The minimum atomic E-state index is -4.61. The van der Waals surface area contributed by atoms with Gasteiger partial charge in [-0.2, -0.15) is 26.3 Å². The second kappa shape index (κ2) is 4.93. The molecule has 3 aromatic rings. The van der Waals surface area contributed by atoms with E-state index in [0.29, 0.717) is 6.20 Å². The van der Waals surface area contributed by atoms with E-state index in [-0.39, 0.29) is 17.2 Å². The predicted octanol–water partition coefficient (Wildman–Crippen LogP) is 3.83. The first-order chi connectivity index (χ1) is 10.7. The molecule has 0 bridgehead atoms. The third-order valence-electron chi connectivity index (χ3n) is 3.02. The van der Waals surface area contributed by atoms with Gasteiger partial charge in [-0.25, -0.2) is 9.97 Å². The van der Waals surface area contributed by atoms with Gasteiger partial charge in [-0.05, 0) is 18.2 Å². The van der Waals surface area contributed by atoms with E-state index in [4.69, 9.17) is 0 Å². The van der Waals surface area contributed by atoms with Crippen LogP contribution in [0.5, 0.6) is 0 Å². The van der Waals surface area contributed by atoms with Crippen molar-refractivity contribution >= 4 is 5.78 Å². The fraction of sp³-hybridized carbons (Fsp3) is 0.154. The molecule has 0 aliphatic carbocycles. The predicted molar refractivity (Wildman–Crippen MR) is 66.2 cm³/mol. The second-order valence-corrected chi connectivity index (χ2v) is 4.55. The third kappa shape index (κ3) is 2.83. The molecular weight excluding hydrogens is 326 g/mol. The van der Waals surface area contributed by atoms with Gasteiger partial charge >= 0.3 is 12.4 Å². The van der Waals surface area contributed by atoms with Crippen LogP contribution in [0.15, 0.2) is 36.8 Å². The summed E-state index contributed by atoms with van der Waals surface area (Å²) in [6.07, 6.45) is -6.20. The van der Waals surface area contributed by atoms with Crippen molar-refractivity contribution in [2.24, 2.45) is 0 Å². The maximum atomic E-state index is 12.6. The van der Waals surface area contributed by atoms with Gasteiger partial charge in [0.05, 0.1) is 23.1 Å². The Morgan fingerprint density at radius 3 is 2.13 bits per heavy atom. The average molecular weight is 332 g/mol. The van der Waals surface area contributed by atoms with Gasteiger partial charge in [0.2, 0.25) is 5.78 Å². The number of rotatable bonds is 1. The van der Waals surface area contributed by atoms with E-state index in [9.17, 15) is 26.3 Å². The fourth-order valence-electron chi connectivity index (χ4n) is 1.93. The summed E-state index contributed by atoms with van der Waals surface area (Å²) in [6, 6.07) is 2.70. The Kier molecular flexibility index (Phi) is 3.27. The minimum Gasteiger partial charge on any atom is -0.282 e. The molecule has 3 heterocycles. The zero-order chi connectivity index (χ0) is 16.8. The molecule has 0 fully saturated rings. The van der Waals surface area contributed by atoms with E-state index in [1.807, 2.05) is 0 Å². The zero-order valence-electron chi connectivity index (χ0n) is 11.0. The highest BCUT2D eigenvalue weighted by Gasteiger charge is 2.33. The summed E-state index contributed by atoms with van der Waals surface area (Å²) in [4.78, 5) is 10.8. The molecule has 0 aliphatic rings. The van der Waals surface area contributed by atoms with Crippen LogP contribution in [0.1, 0.15) is 11.3 Å². The molecule has 3 aromatic heterocycles. The fourth-order valence-corrected chi connectivity index (χ4v) is 1.93. The van der Waals surface area contributed by atoms with Crippen LogP contribution in [0, 0.1) is 0 Å². The quantitative estimate of drug-likeness (QED) is 0.636. The minimum absolute atomic E-state index is 0.132. The molecule has 0 spiro atoms. The van der Waals surface area contributed by atoms with E-state index in [1.165, 1.54) is 10.6 Å². The van der Waals surface area contributed by atoms with Crippen LogP contribution in [0.4, 0.5) is 26.3 Å². The maximum Gasteiger partial charge on any atom is 0.433 e. The average Bonchev–Trinajstić information content (AvgIpc) is 2.88. The van der Waals surface area contributed by atoms with Crippen molar-refractivity contribution < 1.29 is 26.3 Å². The topological polar surface area (TPSA) is 43.1 Å². The van der Waals surface area contributed by atoms with Crippen LogP contribution in [0.3, 0.4) is 0 Å². The Morgan fingerprint density at radius 2 is 1.57 bits per heavy atom. The van der Waals surface area contributed by atoms with Crippen molar-refractivity contribution in [3.8, 4) is 11.4 Å². The first-order valence-electron chi connectivity index (χ1n) is 6.11. The van der Waals surface area contributed by atoms with Crippen LogP contribution in [-0.2, 0) is 12.4 Å². The summed E-state index contributed by atoms with van der Waals surface area (Å²) in [5.74, 6) is -0.225. The summed E-state index contributed by atoms with van der Waals surface area (Å²) in [7, 11) is 0. The van der Waals surface area contributed by atoms with Gasteiger partial charge < -0.3 is 0 Å². The van der Waals surface area contributed by atoms with E-state index in [2.05, 4.69) is 15.0 Å². The monoisotopic (exact) mass is 332 g/mol. The first-order valence-corrected chi connectivity index (χ1v) is 6.11. The Morgan fingerprint density at radius 1 is 0.826 bits per heavy atom. The largest absolute Gasteiger partial charge is 0.433 e. The van der Waals surface area contributed by atoms with Gasteiger partial charge in [0, 0.05) is 12.4 Å². The van der Waals surface area contributed by atoms with Crippen LogP contribution in [0.25, 0.3) is 17.2 Å².